The van der Waals surface area contributed by atoms with Crippen molar-refractivity contribution >= 4 is 40.8 Å². The molecular formula is C14H15Cl2N3S. The topological polar surface area (TPSA) is 37.8 Å². The molecule has 0 saturated heterocycles. The van der Waals surface area contributed by atoms with Crippen LogP contribution >= 0.6 is 35.0 Å². The van der Waals surface area contributed by atoms with E-state index < -0.39 is 0 Å². The van der Waals surface area contributed by atoms with E-state index in [2.05, 4.69) is 22.2 Å². The zero-order chi connectivity index (χ0) is 14.5. The van der Waals surface area contributed by atoms with Crippen molar-refractivity contribution in [3.63, 3.8) is 0 Å². The molecule has 0 amide bonds. The molecule has 106 valence electrons. The Hall–Kier alpha value is -0.970. The quantitative estimate of drug-likeness (QED) is 0.778. The molecule has 0 unspecified atom stereocenters. The van der Waals surface area contributed by atoms with Gasteiger partial charge in [-0.05, 0) is 31.5 Å². The van der Waals surface area contributed by atoms with Gasteiger partial charge in [0.2, 0.25) is 0 Å². The van der Waals surface area contributed by atoms with Gasteiger partial charge in [0, 0.05) is 22.0 Å². The summed E-state index contributed by atoms with van der Waals surface area (Å²) in [4.78, 5) is 9.48. The molecule has 20 heavy (non-hydrogen) atoms. The fourth-order valence-electron chi connectivity index (χ4n) is 1.62. The largest absolute Gasteiger partial charge is 0.370 e. The first-order valence-corrected chi connectivity index (χ1v) is 7.87. The van der Waals surface area contributed by atoms with Gasteiger partial charge in [-0.25, -0.2) is 9.97 Å². The molecule has 6 heteroatoms. The van der Waals surface area contributed by atoms with Gasteiger partial charge in [0.15, 0.2) is 0 Å². The van der Waals surface area contributed by atoms with Crippen molar-refractivity contribution < 1.29 is 0 Å². The molecule has 0 bridgehead atoms. The average Bonchev–Trinajstić information content (AvgIpc) is 2.44. The third-order valence-corrected chi connectivity index (χ3v) is 4.52. The Morgan fingerprint density at radius 1 is 1.25 bits per heavy atom. The number of hydrogen-bond donors (Lipinski definition) is 1. The number of nitrogens with one attached hydrogen (secondary N) is 1. The molecule has 1 N–H and O–H groups in total. The minimum absolute atomic E-state index is 0.660. The zero-order valence-electron chi connectivity index (χ0n) is 11.3. The van der Waals surface area contributed by atoms with E-state index in [-0.39, 0.29) is 0 Å². The lowest BCUT2D eigenvalue weighted by Gasteiger charge is -2.11. The number of rotatable bonds is 5. The van der Waals surface area contributed by atoms with Crippen LogP contribution in [0.1, 0.15) is 18.9 Å². The number of anilines is 1. The standard InChI is InChI=1S/C14H15Cl2N3S/c1-3-6-17-13-9(2)14(19-8-18-13)20-12-7-10(15)4-5-11(12)16/h4-5,7-8H,3,6H2,1-2H3,(H,17,18,19). The summed E-state index contributed by atoms with van der Waals surface area (Å²) in [6, 6.07) is 5.41. The van der Waals surface area contributed by atoms with Crippen LogP contribution in [-0.4, -0.2) is 16.5 Å². The molecule has 0 aliphatic carbocycles. The van der Waals surface area contributed by atoms with Crippen LogP contribution in [0.5, 0.6) is 0 Å². The van der Waals surface area contributed by atoms with Gasteiger partial charge in [0.05, 0.1) is 5.02 Å². The van der Waals surface area contributed by atoms with E-state index in [4.69, 9.17) is 23.2 Å². The molecule has 0 atom stereocenters. The summed E-state index contributed by atoms with van der Waals surface area (Å²) < 4.78 is 0. The van der Waals surface area contributed by atoms with Gasteiger partial charge in [-0.1, -0.05) is 41.9 Å². The number of hydrogen-bond acceptors (Lipinski definition) is 4. The monoisotopic (exact) mass is 327 g/mol. The van der Waals surface area contributed by atoms with E-state index >= 15 is 0 Å². The Labute approximate surface area is 133 Å². The van der Waals surface area contributed by atoms with Crippen molar-refractivity contribution in [3.05, 3.63) is 40.1 Å². The van der Waals surface area contributed by atoms with Crippen LogP contribution in [0.2, 0.25) is 10.0 Å². The first-order valence-electron chi connectivity index (χ1n) is 6.30. The highest BCUT2D eigenvalue weighted by molar-refractivity contribution is 7.99. The van der Waals surface area contributed by atoms with Crippen LogP contribution in [-0.2, 0) is 0 Å². The van der Waals surface area contributed by atoms with Crippen molar-refractivity contribution in [1.82, 2.24) is 9.97 Å². The Morgan fingerprint density at radius 2 is 2.05 bits per heavy atom. The van der Waals surface area contributed by atoms with Crippen molar-refractivity contribution in [2.24, 2.45) is 0 Å². The maximum absolute atomic E-state index is 6.18. The highest BCUT2D eigenvalue weighted by atomic mass is 35.5. The SMILES string of the molecule is CCCNc1ncnc(Sc2cc(Cl)ccc2Cl)c1C. The Kier molecular flexibility index (Phi) is 5.52. The minimum Gasteiger partial charge on any atom is -0.370 e. The van der Waals surface area contributed by atoms with E-state index in [0.717, 1.165) is 34.3 Å². The molecule has 1 aromatic carbocycles. The molecule has 0 spiro atoms. The predicted octanol–water partition coefficient (Wildman–Crippen LogP) is 5.06. The lowest BCUT2D eigenvalue weighted by Crippen LogP contribution is -2.05. The molecule has 2 rings (SSSR count). The van der Waals surface area contributed by atoms with Gasteiger partial charge in [-0.2, -0.15) is 0 Å². The summed E-state index contributed by atoms with van der Waals surface area (Å²) in [6.07, 6.45) is 2.61. The van der Waals surface area contributed by atoms with Crippen LogP contribution in [0, 0.1) is 6.92 Å². The first-order chi connectivity index (χ1) is 9.61. The maximum Gasteiger partial charge on any atom is 0.133 e. The molecule has 1 heterocycles. The molecule has 3 nitrogen and oxygen atoms in total. The summed E-state index contributed by atoms with van der Waals surface area (Å²) in [7, 11) is 0. The summed E-state index contributed by atoms with van der Waals surface area (Å²) >= 11 is 13.7. The van der Waals surface area contributed by atoms with Crippen LogP contribution in [0.3, 0.4) is 0 Å². The second kappa shape index (κ2) is 7.16. The predicted molar refractivity (Wildman–Crippen MR) is 86.1 cm³/mol. The lowest BCUT2D eigenvalue weighted by molar-refractivity contribution is 0.938. The Morgan fingerprint density at radius 3 is 2.80 bits per heavy atom. The second-order valence-electron chi connectivity index (χ2n) is 4.26. The van der Waals surface area contributed by atoms with E-state index in [9.17, 15) is 0 Å². The van der Waals surface area contributed by atoms with E-state index in [1.807, 2.05) is 13.0 Å². The minimum atomic E-state index is 0.660. The van der Waals surface area contributed by atoms with Gasteiger partial charge in [-0.3, -0.25) is 0 Å². The summed E-state index contributed by atoms with van der Waals surface area (Å²) in [6.45, 7) is 5.00. The van der Waals surface area contributed by atoms with Crippen LogP contribution in [0.15, 0.2) is 34.4 Å². The zero-order valence-corrected chi connectivity index (χ0v) is 13.6. The molecular weight excluding hydrogens is 313 g/mol. The van der Waals surface area contributed by atoms with Gasteiger partial charge in [0.25, 0.3) is 0 Å². The van der Waals surface area contributed by atoms with Gasteiger partial charge < -0.3 is 5.32 Å². The number of nitrogens with zero attached hydrogens (tertiary/aromatic N) is 2. The normalized spacial score (nSPS) is 10.6. The van der Waals surface area contributed by atoms with Crippen molar-refractivity contribution in [2.75, 3.05) is 11.9 Å². The van der Waals surface area contributed by atoms with E-state index in [1.165, 1.54) is 11.8 Å². The van der Waals surface area contributed by atoms with Crippen molar-refractivity contribution in [2.45, 2.75) is 30.2 Å². The van der Waals surface area contributed by atoms with E-state index in [1.54, 1.807) is 18.5 Å². The third-order valence-electron chi connectivity index (χ3n) is 2.68. The van der Waals surface area contributed by atoms with Gasteiger partial charge in [0.1, 0.15) is 17.2 Å². The second-order valence-corrected chi connectivity index (χ2v) is 6.13. The van der Waals surface area contributed by atoms with Crippen LogP contribution < -0.4 is 5.32 Å². The summed E-state index contributed by atoms with van der Waals surface area (Å²) in [5.74, 6) is 0.863. The molecule has 0 radical (unpaired) electrons. The highest BCUT2D eigenvalue weighted by Crippen LogP contribution is 2.36. The molecule has 0 fully saturated rings. The fourth-order valence-corrected chi connectivity index (χ4v) is 3.00. The lowest BCUT2D eigenvalue weighted by atomic mass is 10.3. The first kappa shape index (κ1) is 15.4. The third kappa shape index (κ3) is 3.78. The van der Waals surface area contributed by atoms with Crippen molar-refractivity contribution in [1.29, 1.82) is 0 Å². The number of benzene rings is 1. The van der Waals surface area contributed by atoms with E-state index in [0.29, 0.717) is 10.0 Å². The number of aromatic nitrogens is 2. The molecule has 1 aromatic heterocycles. The molecule has 0 aliphatic rings. The average molecular weight is 328 g/mol. The Bertz CT molecular complexity index is 605. The summed E-state index contributed by atoms with van der Waals surface area (Å²) in [5, 5.41) is 5.50. The van der Waals surface area contributed by atoms with Gasteiger partial charge >= 0.3 is 0 Å². The molecule has 0 aliphatic heterocycles. The highest BCUT2D eigenvalue weighted by Gasteiger charge is 2.10. The van der Waals surface area contributed by atoms with Crippen LogP contribution in [0.4, 0.5) is 5.82 Å². The molecule has 2 aromatic rings. The summed E-state index contributed by atoms with van der Waals surface area (Å²) in [5.41, 5.74) is 1.02. The smallest absolute Gasteiger partial charge is 0.133 e. The van der Waals surface area contributed by atoms with Gasteiger partial charge in [-0.15, -0.1) is 0 Å². The molecule has 0 saturated carbocycles. The fraction of sp³-hybridized carbons (Fsp3) is 0.286. The van der Waals surface area contributed by atoms with Crippen molar-refractivity contribution in [3.8, 4) is 0 Å². The number of halogens is 2. The Balaban J connectivity index is 2.27. The van der Waals surface area contributed by atoms with Crippen LogP contribution in [0.25, 0.3) is 0 Å². The maximum atomic E-state index is 6.18.